The standard InChI is InChI=1S/C29H25BrN2O2S/c1-2-34-25-16-13-19-7-3-4-8-22(19)26(25)29(33)31-17-18-35-28-23-9-5-6-10-24(23)32-27(28)20-11-14-21(30)15-12-20/h3-16,32H,2,17-18H2,1H3,(H,31,33). The van der Waals surface area contributed by atoms with Gasteiger partial charge < -0.3 is 15.0 Å². The van der Waals surface area contributed by atoms with Crippen LogP contribution in [0.2, 0.25) is 0 Å². The summed E-state index contributed by atoms with van der Waals surface area (Å²) < 4.78 is 6.83. The second kappa shape index (κ2) is 10.6. The number of hydrogen-bond acceptors (Lipinski definition) is 3. The topological polar surface area (TPSA) is 54.1 Å². The van der Waals surface area contributed by atoms with E-state index >= 15 is 0 Å². The van der Waals surface area contributed by atoms with Gasteiger partial charge in [-0.3, -0.25) is 4.79 Å². The minimum absolute atomic E-state index is 0.113. The van der Waals surface area contributed by atoms with Crippen molar-refractivity contribution < 1.29 is 9.53 Å². The van der Waals surface area contributed by atoms with Crippen LogP contribution in [0.15, 0.2) is 94.3 Å². The van der Waals surface area contributed by atoms with Gasteiger partial charge in [0, 0.05) is 32.6 Å². The van der Waals surface area contributed by atoms with Crippen molar-refractivity contribution in [2.24, 2.45) is 0 Å². The summed E-state index contributed by atoms with van der Waals surface area (Å²) in [7, 11) is 0. The Morgan fingerprint density at radius 3 is 2.49 bits per heavy atom. The Kier molecular flexibility index (Phi) is 7.11. The molecule has 1 aromatic heterocycles. The van der Waals surface area contributed by atoms with Gasteiger partial charge in [0.1, 0.15) is 5.75 Å². The third-order valence-corrected chi connectivity index (χ3v) is 7.49. The molecule has 0 aliphatic carbocycles. The highest BCUT2D eigenvalue weighted by Crippen LogP contribution is 2.38. The van der Waals surface area contributed by atoms with Crippen LogP contribution in [0.4, 0.5) is 0 Å². The van der Waals surface area contributed by atoms with Crippen LogP contribution >= 0.6 is 27.7 Å². The zero-order valence-electron chi connectivity index (χ0n) is 19.3. The molecule has 0 spiro atoms. The summed E-state index contributed by atoms with van der Waals surface area (Å²) in [4.78, 5) is 18.0. The Morgan fingerprint density at radius 1 is 0.943 bits per heavy atom. The van der Waals surface area contributed by atoms with E-state index in [0.717, 1.165) is 37.8 Å². The van der Waals surface area contributed by atoms with Crippen LogP contribution in [0.1, 0.15) is 17.3 Å². The number of aromatic amines is 1. The summed E-state index contributed by atoms with van der Waals surface area (Å²) in [5.74, 6) is 1.25. The Bertz CT molecular complexity index is 1490. The lowest BCUT2D eigenvalue weighted by Gasteiger charge is -2.13. The Balaban J connectivity index is 1.35. The number of carbonyl (C=O) groups excluding carboxylic acids is 1. The average molecular weight is 546 g/mol. The molecule has 0 bridgehead atoms. The summed E-state index contributed by atoms with van der Waals surface area (Å²) in [6.07, 6.45) is 0. The smallest absolute Gasteiger partial charge is 0.255 e. The third-order valence-electron chi connectivity index (χ3n) is 5.84. The van der Waals surface area contributed by atoms with E-state index < -0.39 is 0 Å². The maximum Gasteiger partial charge on any atom is 0.255 e. The van der Waals surface area contributed by atoms with Crippen molar-refractivity contribution in [1.29, 1.82) is 0 Å². The first-order valence-electron chi connectivity index (χ1n) is 11.6. The number of aromatic nitrogens is 1. The molecule has 6 heteroatoms. The number of ether oxygens (including phenoxy) is 1. The van der Waals surface area contributed by atoms with Crippen molar-refractivity contribution in [1.82, 2.24) is 10.3 Å². The number of nitrogens with one attached hydrogen (secondary N) is 2. The van der Waals surface area contributed by atoms with Crippen molar-refractivity contribution in [3.63, 3.8) is 0 Å². The molecular weight excluding hydrogens is 520 g/mol. The lowest BCUT2D eigenvalue weighted by atomic mass is 10.0. The highest BCUT2D eigenvalue weighted by Gasteiger charge is 2.17. The van der Waals surface area contributed by atoms with Crippen molar-refractivity contribution in [2.75, 3.05) is 18.9 Å². The summed E-state index contributed by atoms with van der Waals surface area (Å²) >= 11 is 5.27. The van der Waals surface area contributed by atoms with Gasteiger partial charge >= 0.3 is 0 Å². The molecule has 0 unspecified atom stereocenters. The van der Waals surface area contributed by atoms with Crippen molar-refractivity contribution >= 4 is 55.3 Å². The summed E-state index contributed by atoms with van der Waals surface area (Å²) in [6, 6.07) is 28.4. The predicted molar refractivity (Wildman–Crippen MR) is 150 cm³/mol. The number of fused-ring (bicyclic) bond motifs is 2. The zero-order valence-corrected chi connectivity index (χ0v) is 21.7. The molecule has 5 rings (SSSR count). The fourth-order valence-corrected chi connectivity index (χ4v) is 5.57. The average Bonchev–Trinajstić information content (AvgIpc) is 3.25. The molecule has 4 aromatic carbocycles. The second-order valence-corrected chi connectivity index (χ2v) is 10.1. The van der Waals surface area contributed by atoms with E-state index in [1.54, 1.807) is 11.8 Å². The van der Waals surface area contributed by atoms with E-state index in [2.05, 4.69) is 68.7 Å². The van der Waals surface area contributed by atoms with Gasteiger partial charge in [0.15, 0.2) is 0 Å². The van der Waals surface area contributed by atoms with Gasteiger partial charge in [-0.25, -0.2) is 0 Å². The minimum Gasteiger partial charge on any atom is -0.493 e. The van der Waals surface area contributed by atoms with E-state index in [9.17, 15) is 4.79 Å². The molecular formula is C29H25BrN2O2S. The third kappa shape index (κ3) is 4.95. The van der Waals surface area contributed by atoms with Gasteiger partial charge in [-0.2, -0.15) is 0 Å². The van der Waals surface area contributed by atoms with Gasteiger partial charge in [-0.1, -0.05) is 76.6 Å². The molecule has 0 aliphatic heterocycles. The molecule has 0 atom stereocenters. The largest absolute Gasteiger partial charge is 0.493 e. The van der Waals surface area contributed by atoms with Gasteiger partial charge in [-0.15, -0.1) is 11.8 Å². The van der Waals surface area contributed by atoms with Gasteiger partial charge in [0.2, 0.25) is 0 Å². The molecule has 0 saturated heterocycles. The summed E-state index contributed by atoms with van der Waals surface area (Å²) in [5, 5.41) is 6.22. The number of hydrogen-bond donors (Lipinski definition) is 2. The quantitative estimate of drug-likeness (QED) is 0.155. The Morgan fingerprint density at radius 2 is 1.69 bits per heavy atom. The number of para-hydroxylation sites is 1. The van der Waals surface area contributed by atoms with Gasteiger partial charge in [-0.05, 0) is 47.5 Å². The molecule has 176 valence electrons. The SMILES string of the molecule is CCOc1ccc2ccccc2c1C(=O)NCCSc1c(-c2ccc(Br)cc2)[nH]c2ccccc12. The number of amides is 1. The van der Waals surface area contributed by atoms with Gasteiger partial charge in [0.05, 0.1) is 17.9 Å². The summed E-state index contributed by atoms with van der Waals surface area (Å²) in [6.45, 7) is 2.98. The molecule has 0 radical (unpaired) electrons. The number of H-pyrrole nitrogens is 1. The van der Waals surface area contributed by atoms with E-state index in [0.29, 0.717) is 24.5 Å². The first kappa shape index (κ1) is 23.5. The highest BCUT2D eigenvalue weighted by atomic mass is 79.9. The minimum atomic E-state index is -0.113. The highest BCUT2D eigenvalue weighted by molar-refractivity contribution is 9.10. The van der Waals surface area contributed by atoms with E-state index in [1.807, 2.05) is 49.4 Å². The fraction of sp³-hybridized carbons (Fsp3) is 0.138. The Labute approximate surface area is 217 Å². The Hall–Kier alpha value is -3.22. The van der Waals surface area contributed by atoms with Crippen LogP contribution < -0.4 is 10.1 Å². The molecule has 2 N–H and O–H groups in total. The first-order valence-corrected chi connectivity index (χ1v) is 13.4. The molecule has 0 fully saturated rings. The number of halogens is 1. The molecule has 5 aromatic rings. The lowest BCUT2D eigenvalue weighted by molar-refractivity contribution is 0.0954. The number of thioether (sulfide) groups is 1. The van der Waals surface area contributed by atoms with Gasteiger partial charge in [0.25, 0.3) is 5.91 Å². The first-order chi connectivity index (χ1) is 17.2. The molecule has 1 amide bonds. The monoisotopic (exact) mass is 544 g/mol. The van der Waals surface area contributed by atoms with Crippen LogP contribution in [0.3, 0.4) is 0 Å². The van der Waals surface area contributed by atoms with E-state index in [1.165, 1.54) is 10.3 Å². The van der Waals surface area contributed by atoms with Crippen LogP contribution in [0.25, 0.3) is 32.9 Å². The zero-order chi connectivity index (χ0) is 24.2. The van der Waals surface area contributed by atoms with E-state index in [4.69, 9.17) is 4.74 Å². The van der Waals surface area contributed by atoms with Crippen LogP contribution in [0, 0.1) is 0 Å². The normalized spacial score (nSPS) is 11.1. The maximum absolute atomic E-state index is 13.2. The fourth-order valence-electron chi connectivity index (χ4n) is 4.25. The number of carbonyl (C=O) groups is 1. The van der Waals surface area contributed by atoms with Crippen LogP contribution in [-0.2, 0) is 0 Å². The summed E-state index contributed by atoms with van der Waals surface area (Å²) in [5.41, 5.74) is 3.93. The lowest BCUT2D eigenvalue weighted by Crippen LogP contribution is -2.26. The molecule has 1 heterocycles. The molecule has 0 saturated carbocycles. The van der Waals surface area contributed by atoms with Crippen molar-refractivity contribution in [2.45, 2.75) is 11.8 Å². The molecule has 4 nitrogen and oxygen atoms in total. The number of benzene rings is 4. The van der Waals surface area contributed by atoms with Crippen LogP contribution in [0.5, 0.6) is 5.75 Å². The van der Waals surface area contributed by atoms with Crippen molar-refractivity contribution in [3.05, 3.63) is 95.0 Å². The molecule has 0 aliphatic rings. The van der Waals surface area contributed by atoms with E-state index in [-0.39, 0.29) is 5.91 Å². The van der Waals surface area contributed by atoms with Crippen molar-refractivity contribution in [3.8, 4) is 17.0 Å². The maximum atomic E-state index is 13.2. The number of rotatable bonds is 8. The van der Waals surface area contributed by atoms with Crippen LogP contribution in [-0.4, -0.2) is 29.8 Å². The second-order valence-electron chi connectivity index (χ2n) is 8.08. The molecule has 35 heavy (non-hydrogen) atoms. The predicted octanol–water partition coefficient (Wildman–Crippen LogP) is 7.67.